The number of nitrogens with one attached hydrogen (secondary N) is 3. The van der Waals surface area contributed by atoms with E-state index in [1.807, 2.05) is 60.7 Å². The molecule has 2 aromatic rings. The van der Waals surface area contributed by atoms with Gasteiger partial charge in [-0.3, -0.25) is 15.6 Å². The van der Waals surface area contributed by atoms with Crippen LogP contribution < -0.4 is 16.2 Å². The van der Waals surface area contributed by atoms with Gasteiger partial charge in [0, 0.05) is 6.92 Å². The van der Waals surface area contributed by atoms with E-state index in [1.165, 1.54) is 12.5 Å². The summed E-state index contributed by atoms with van der Waals surface area (Å²) in [6.45, 7) is 1.50. The Bertz CT molecular complexity index is 650. The first kappa shape index (κ1) is 17.9. The van der Waals surface area contributed by atoms with E-state index < -0.39 is 0 Å². The van der Waals surface area contributed by atoms with Crippen LogP contribution in [-0.2, 0) is 11.2 Å². The van der Waals surface area contributed by atoms with Crippen molar-refractivity contribution in [1.82, 2.24) is 10.7 Å². The highest BCUT2D eigenvalue weighted by atomic mass is 32.2. The van der Waals surface area contributed by atoms with E-state index in [1.54, 1.807) is 0 Å². The molecule has 2 rings (SSSR count). The molecule has 0 heterocycles. The Labute approximate surface area is 146 Å². The van der Waals surface area contributed by atoms with Gasteiger partial charge in [-0.1, -0.05) is 60.3 Å². The third kappa shape index (κ3) is 6.75. The second-order valence-corrected chi connectivity index (χ2v) is 6.59. The van der Waals surface area contributed by atoms with Crippen molar-refractivity contribution in [2.45, 2.75) is 25.1 Å². The highest BCUT2D eigenvalue weighted by molar-refractivity contribution is 8.14. The molecule has 126 valence electrons. The number of para-hydroxylation sites is 1. The van der Waals surface area contributed by atoms with Crippen LogP contribution in [0.1, 0.15) is 18.9 Å². The van der Waals surface area contributed by atoms with Gasteiger partial charge in [-0.2, -0.15) is 0 Å². The van der Waals surface area contributed by atoms with Crippen molar-refractivity contribution in [2.75, 3.05) is 5.43 Å². The fourth-order valence-electron chi connectivity index (χ4n) is 2.14. The van der Waals surface area contributed by atoms with Gasteiger partial charge in [-0.25, -0.2) is 4.79 Å². The molecular weight excluding hydrogens is 322 g/mol. The standard InChI is InChI=1S/C18H21N3O2S/c1-14(22)24-17(13-12-15-8-4-2-5-9-15)19-18(23)21-20-16-10-6-3-7-11-16/h2-11,17,20H,12-13H2,1H3,(H2,19,21,23). The number of hydrogen-bond acceptors (Lipinski definition) is 4. The molecule has 2 aromatic carbocycles. The number of benzene rings is 2. The van der Waals surface area contributed by atoms with Crippen LogP contribution in [0.15, 0.2) is 60.7 Å². The van der Waals surface area contributed by atoms with Crippen LogP contribution >= 0.6 is 11.8 Å². The molecular formula is C18H21N3O2S. The predicted octanol–water partition coefficient (Wildman–Crippen LogP) is 3.55. The maximum Gasteiger partial charge on any atom is 0.334 e. The van der Waals surface area contributed by atoms with Gasteiger partial charge in [0.15, 0.2) is 5.12 Å². The minimum absolute atomic E-state index is 0.0237. The number of rotatable bonds is 7. The zero-order valence-electron chi connectivity index (χ0n) is 13.5. The molecule has 0 aliphatic rings. The Morgan fingerprint density at radius 3 is 2.25 bits per heavy atom. The van der Waals surface area contributed by atoms with Gasteiger partial charge in [0.25, 0.3) is 0 Å². The number of urea groups is 1. The lowest BCUT2D eigenvalue weighted by atomic mass is 10.1. The predicted molar refractivity (Wildman–Crippen MR) is 98.6 cm³/mol. The van der Waals surface area contributed by atoms with Crippen molar-refractivity contribution in [2.24, 2.45) is 0 Å². The fourth-order valence-corrected chi connectivity index (χ4v) is 2.94. The maximum absolute atomic E-state index is 12.0. The van der Waals surface area contributed by atoms with Crippen LogP contribution in [0.5, 0.6) is 0 Å². The van der Waals surface area contributed by atoms with Crippen LogP contribution in [0.3, 0.4) is 0 Å². The molecule has 0 fully saturated rings. The number of anilines is 1. The van der Waals surface area contributed by atoms with Crippen molar-refractivity contribution in [1.29, 1.82) is 0 Å². The Hall–Kier alpha value is -2.47. The molecule has 1 unspecified atom stereocenters. The molecule has 3 N–H and O–H groups in total. The second kappa shape index (κ2) is 9.62. The van der Waals surface area contributed by atoms with Gasteiger partial charge in [0.2, 0.25) is 0 Å². The number of hydrogen-bond donors (Lipinski definition) is 3. The zero-order valence-corrected chi connectivity index (χ0v) is 14.3. The van der Waals surface area contributed by atoms with E-state index in [9.17, 15) is 9.59 Å². The Morgan fingerprint density at radius 1 is 1.00 bits per heavy atom. The topological polar surface area (TPSA) is 70.2 Å². The SMILES string of the molecule is CC(=O)SC(CCc1ccccc1)NC(=O)NNc1ccccc1. The van der Waals surface area contributed by atoms with Crippen LogP contribution in [0, 0.1) is 0 Å². The summed E-state index contributed by atoms with van der Waals surface area (Å²) >= 11 is 1.13. The number of carbonyl (C=O) groups is 2. The molecule has 0 aliphatic heterocycles. The largest absolute Gasteiger partial charge is 0.334 e. The molecule has 0 saturated carbocycles. The number of hydrazine groups is 1. The minimum atomic E-state index is -0.370. The average molecular weight is 343 g/mol. The summed E-state index contributed by atoms with van der Waals surface area (Å²) in [6, 6.07) is 18.9. The average Bonchev–Trinajstić information content (AvgIpc) is 2.59. The van der Waals surface area contributed by atoms with Crippen LogP contribution in [0.2, 0.25) is 0 Å². The highest BCUT2D eigenvalue weighted by Gasteiger charge is 2.15. The van der Waals surface area contributed by atoms with Crippen molar-refractivity contribution < 1.29 is 9.59 Å². The van der Waals surface area contributed by atoms with Gasteiger partial charge in [-0.05, 0) is 30.5 Å². The minimum Gasteiger partial charge on any atom is -0.325 e. The molecule has 0 radical (unpaired) electrons. The zero-order chi connectivity index (χ0) is 17.2. The van der Waals surface area contributed by atoms with Crippen LogP contribution in [0.25, 0.3) is 0 Å². The molecule has 1 atom stereocenters. The molecule has 0 aliphatic carbocycles. The van der Waals surface area contributed by atoms with Gasteiger partial charge in [0.1, 0.15) is 0 Å². The molecule has 24 heavy (non-hydrogen) atoms. The normalized spacial score (nSPS) is 11.4. The smallest absolute Gasteiger partial charge is 0.325 e. The van der Waals surface area contributed by atoms with E-state index in [0.29, 0.717) is 6.42 Å². The van der Waals surface area contributed by atoms with E-state index in [2.05, 4.69) is 16.2 Å². The van der Waals surface area contributed by atoms with Gasteiger partial charge in [-0.15, -0.1) is 0 Å². The van der Waals surface area contributed by atoms with E-state index in [4.69, 9.17) is 0 Å². The third-order valence-electron chi connectivity index (χ3n) is 3.23. The van der Waals surface area contributed by atoms with Gasteiger partial charge in [0.05, 0.1) is 11.1 Å². The summed E-state index contributed by atoms with van der Waals surface area (Å²) in [5.41, 5.74) is 7.36. The first-order chi connectivity index (χ1) is 11.6. The third-order valence-corrected chi connectivity index (χ3v) is 4.20. The summed E-state index contributed by atoms with van der Waals surface area (Å²) in [6.07, 6.45) is 1.46. The molecule has 0 saturated heterocycles. The Morgan fingerprint density at radius 2 is 1.62 bits per heavy atom. The maximum atomic E-state index is 12.0. The number of carbonyl (C=O) groups excluding carboxylic acids is 2. The van der Waals surface area contributed by atoms with Gasteiger partial charge >= 0.3 is 6.03 Å². The monoisotopic (exact) mass is 343 g/mol. The first-order valence-electron chi connectivity index (χ1n) is 7.72. The summed E-state index contributed by atoms with van der Waals surface area (Å²) in [5, 5.41) is 2.52. The number of aryl methyl sites for hydroxylation is 1. The Kier molecular flexibility index (Phi) is 7.17. The summed E-state index contributed by atoms with van der Waals surface area (Å²) in [7, 11) is 0. The summed E-state index contributed by atoms with van der Waals surface area (Å²) < 4.78 is 0. The molecule has 0 aromatic heterocycles. The van der Waals surface area contributed by atoms with Crippen molar-refractivity contribution >= 4 is 28.6 Å². The number of amides is 2. The lowest BCUT2D eigenvalue weighted by Gasteiger charge is -2.18. The molecule has 6 heteroatoms. The highest BCUT2D eigenvalue weighted by Crippen LogP contribution is 2.16. The lowest BCUT2D eigenvalue weighted by molar-refractivity contribution is -0.109. The van der Waals surface area contributed by atoms with E-state index >= 15 is 0 Å². The second-order valence-electron chi connectivity index (χ2n) is 5.21. The van der Waals surface area contributed by atoms with E-state index in [-0.39, 0.29) is 16.5 Å². The van der Waals surface area contributed by atoms with Gasteiger partial charge < -0.3 is 5.32 Å². The van der Waals surface area contributed by atoms with Crippen molar-refractivity contribution in [3.63, 3.8) is 0 Å². The van der Waals surface area contributed by atoms with E-state index in [0.717, 1.165) is 23.9 Å². The van der Waals surface area contributed by atoms with Crippen LogP contribution in [-0.4, -0.2) is 16.5 Å². The quantitative estimate of drug-likeness (QED) is 0.531. The lowest BCUT2D eigenvalue weighted by Crippen LogP contribution is -2.43. The molecule has 2 amide bonds. The summed E-state index contributed by atoms with van der Waals surface area (Å²) in [5.74, 6) is 0. The fraction of sp³-hybridized carbons (Fsp3) is 0.222. The molecule has 5 nitrogen and oxygen atoms in total. The Balaban J connectivity index is 1.83. The molecule has 0 spiro atoms. The summed E-state index contributed by atoms with van der Waals surface area (Å²) in [4.78, 5) is 23.4. The number of thioether (sulfide) groups is 1. The van der Waals surface area contributed by atoms with Crippen molar-refractivity contribution in [3.8, 4) is 0 Å². The first-order valence-corrected chi connectivity index (χ1v) is 8.60. The van der Waals surface area contributed by atoms with Crippen LogP contribution in [0.4, 0.5) is 10.5 Å². The molecule has 0 bridgehead atoms. The van der Waals surface area contributed by atoms with Crippen molar-refractivity contribution in [3.05, 3.63) is 66.2 Å².